The summed E-state index contributed by atoms with van der Waals surface area (Å²) >= 11 is 0. The summed E-state index contributed by atoms with van der Waals surface area (Å²) in [5, 5.41) is 0. The lowest BCUT2D eigenvalue weighted by atomic mass is 10.5. The number of rotatable bonds is 6. The maximum Gasteiger partial charge on any atom is 0.373 e. The molecule has 0 aromatic rings. The first-order valence-corrected chi connectivity index (χ1v) is 3.70. The number of esters is 1. The first-order valence-electron chi connectivity index (χ1n) is 3.70. The molecule has 0 aromatic heterocycles. The van der Waals surface area contributed by atoms with E-state index in [1.54, 1.807) is 0 Å². The minimum absolute atomic E-state index is 0.0139. The van der Waals surface area contributed by atoms with Gasteiger partial charge in [0.1, 0.15) is 0 Å². The number of hydrogen-bond acceptors (Lipinski definition) is 4. The maximum atomic E-state index is 10.9. The summed E-state index contributed by atoms with van der Waals surface area (Å²) in [6.45, 7) is 5.67. The Bertz CT molecular complexity index is 135. The maximum absolute atomic E-state index is 10.9. The van der Waals surface area contributed by atoms with Crippen molar-refractivity contribution in [2.75, 3.05) is 20.5 Å². The Labute approximate surface area is 72.1 Å². The second-order valence-electron chi connectivity index (χ2n) is 2.11. The highest BCUT2D eigenvalue weighted by Gasteiger charge is 2.08. The van der Waals surface area contributed by atoms with Gasteiger partial charge in [-0.3, -0.25) is 0 Å². The molecule has 0 heterocycles. The lowest BCUT2D eigenvalue weighted by Crippen LogP contribution is -2.11. The van der Waals surface area contributed by atoms with Gasteiger partial charge in [-0.1, -0.05) is 6.92 Å². The van der Waals surface area contributed by atoms with Crippen molar-refractivity contribution in [2.24, 2.45) is 0 Å². The zero-order valence-corrected chi connectivity index (χ0v) is 7.46. The molecule has 0 aliphatic rings. The summed E-state index contributed by atoms with van der Waals surface area (Å²) in [7, 11) is 1.46. The Kier molecular flexibility index (Phi) is 6.09. The zero-order valence-electron chi connectivity index (χ0n) is 7.46. The average Bonchev–Trinajstić information content (AvgIpc) is 2.10. The van der Waals surface area contributed by atoms with Crippen LogP contribution in [0, 0.1) is 0 Å². The van der Waals surface area contributed by atoms with Gasteiger partial charge < -0.3 is 14.2 Å². The van der Waals surface area contributed by atoms with Gasteiger partial charge in [-0.15, -0.1) is 0 Å². The van der Waals surface area contributed by atoms with Crippen LogP contribution in [-0.4, -0.2) is 26.5 Å². The van der Waals surface area contributed by atoms with Crippen molar-refractivity contribution in [2.45, 2.75) is 13.3 Å². The Hall–Kier alpha value is -1.03. The van der Waals surface area contributed by atoms with Crippen LogP contribution in [0.15, 0.2) is 12.3 Å². The fourth-order valence-corrected chi connectivity index (χ4v) is 0.464. The van der Waals surface area contributed by atoms with Gasteiger partial charge in [-0.2, -0.15) is 0 Å². The minimum Gasteiger partial charge on any atom is -0.461 e. The van der Waals surface area contributed by atoms with E-state index in [0.717, 1.165) is 6.42 Å². The third-order valence-electron chi connectivity index (χ3n) is 1.02. The molecule has 4 nitrogen and oxygen atoms in total. The molecule has 70 valence electrons. The second kappa shape index (κ2) is 6.67. The summed E-state index contributed by atoms with van der Waals surface area (Å²) in [6.07, 6.45) is 0.781. The molecule has 0 radical (unpaired) electrons. The van der Waals surface area contributed by atoms with E-state index in [2.05, 4.69) is 11.3 Å². The van der Waals surface area contributed by atoms with E-state index in [4.69, 9.17) is 9.47 Å². The van der Waals surface area contributed by atoms with E-state index < -0.39 is 5.97 Å². The van der Waals surface area contributed by atoms with Crippen LogP contribution in [0.4, 0.5) is 0 Å². The van der Waals surface area contributed by atoms with E-state index >= 15 is 0 Å². The molecule has 0 aliphatic heterocycles. The second-order valence-corrected chi connectivity index (χ2v) is 2.11. The van der Waals surface area contributed by atoms with Crippen LogP contribution in [0.1, 0.15) is 13.3 Å². The van der Waals surface area contributed by atoms with Gasteiger partial charge in [-0.05, 0) is 13.0 Å². The van der Waals surface area contributed by atoms with Crippen molar-refractivity contribution >= 4 is 5.97 Å². The molecule has 0 unspecified atom stereocenters. The highest BCUT2D eigenvalue weighted by Crippen LogP contribution is 1.97. The molecule has 0 spiro atoms. The highest BCUT2D eigenvalue weighted by molar-refractivity contribution is 5.85. The van der Waals surface area contributed by atoms with Gasteiger partial charge in [-0.25, -0.2) is 4.79 Å². The van der Waals surface area contributed by atoms with Crippen LogP contribution in [0.2, 0.25) is 0 Å². The van der Waals surface area contributed by atoms with Gasteiger partial charge in [0, 0.05) is 7.11 Å². The van der Waals surface area contributed by atoms with Gasteiger partial charge in [0.2, 0.25) is 0 Å². The lowest BCUT2D eigenvalue weighted by Gasteiger charge is -2.06. The van der Waals surface area contributed by atoms with Gasteiger partial charge in [0.15, 0.2) is 12.6 Å². The molecule has 0 bridgehead atoms. The predicted octanol–water partition coefficient (Wildman–Crippen LogP) is 1.07. The standard InChI is InChI=1S/C8H14O4/c1-4-5-11-8(9)7(2)12-6-10-3/h2,4-6H2,1,3H3. The number of carbonyl (C=O) groups excluding carboxylic acids is 1. The summed E-state index contributed by atoms with van der Waals surface area (Å²) < 4.78 is 14.1. The smallest absolute Gasteiger partial charge is 0.373 e. The minimum atomic E-state index is -0.533. The van der Waals surface area contributed by atoms with Crippen LogP contribution >= 0.6 is 0 Å². The normalized spacial score (nSPS) is 9.17. The Morgan fingerprint density at radius 1 is 1.42 bits per heavy atom. The fourth-order valence-electron chi connectivity index (χ4n) is 0.464. The summed E-state index contributed by atoms with van der Waals surface area (Å²) in [5.74, 6) is -0.556. The van der Waals surface area contributed by atoms with E-state index in [-0.39, 0.29) is 12.6 Å². The molecule has 0 saturated carbocycles. The zero-order chi connectivity index (χ0) is 9.40. The number of carbonyl (C=O) groups is 1. The molecule has 0 N–H and O–H groups in total. The molecule has 0 fully saturated rings. The molecule has 0 aromatic carbocycles. The molecule has 12 heavy (non-hydrogen) atoms. The predicted molar refractivity (Wildman–Crippen MR) is 43.4 cm³/mol. The summed E-state index contributed by atoms with van der Waals surface area (Å²) in [4.78, 5) is 10.9. The SMILES string of the molecule is C=C(OCOC)C(=O)OCCC. The fraction of sp³-hybridized carbons (Fsp3) is 0.625. The Morgan fingerprint density at radius 3 is 2.58 bits per heavy atom. The van der Waals surface area contributed by atoms with E-state index in [1.165, 1.54) is 7.11 Å². The van der Waals surface area contributed by atoms with E-state index in [9.17, 15) is 4.79 Å². The summed E-state index contributed by atoms with van der Waals surface area (Å²) in [5.41, 5.74) is 0. The van der Waals surface area contributed by atoms with Crippen molar-refractivity contribution in [1.29, 1.82) is 0 Å². The molecule has 0 atom stereocenters. The molecule has 4 heteroatoms. The van der Waals surface area contributed by atoms with Crippen molar-refractivity contribution in [1.82, 2.24) is 0 Å². The number of ether oxygens (including phenoxy) is 3. The average molecular weight is 174 g/mol. The molecule has 0 amide bonds. The Balaban J connectivity index is 3.55. The van der Waals surface area contributed by atoms with Crippen LogP contribution < -0.4 is 0 Å². The molecule has 0 rings (SSSR count). The third kappa shape index (κ3) is 4.73. The van der Waals surface area contributed by atoms with Gasteiger partial charge in [0.25, 0.3) is 0 Å². The van der Waals surface area contributed by atoms with Crippen molar-refractivity contribution < 1.29 is 19.0 Å². The van der Waals surface area contributed by atoms with Gasteiger partial charge >= 0.3 is 5.97 Å². The van der Waals surface area contributed by atoms with Crippen molar-refractivity contribution in [3.8, 4) is 0 Å². The quantitative estimate of drug-likeness (QED) is 0.261. The van der Waals surface area contributed by atoms with Gasteiger partial charge in [0.05, 0.1) is 6.61 Å². The van der Waals surface area contributed by atoms with E-state index in [1.807, 2.05) is 6.92 Å². The largest absolute Gasteiger partial charge is 0.461 e. The van der Waals surface area contributed by atoms with Crippen LogP contribution in [0.5, 0.6) is 0 Å². The van der Waals surface area contributed by atoms with Crippen LogP contribution in [0.3, 0.4) is 0 Å². The lowest BCUT2D eigenvalue weighted by molar-refractivity contribution is -0.145. The van der Waals surface area contributed by atoms with Crippen LogP contribution in [-0.2, 0) is 19.0 Å². The molecular weight excluding hydrogens is 160 g/mol. The first-order chi connectivity index (χ1) is 5.72. The monoisotopic (exact) mass is 174 g/mol. The molecular formula is C8H14O4. The van der Waals surface area contributed by atoms with Crippen LogP contribution in [0.25, 0.3) is 0 Å². The van der Waals surface area contributed by atoms with E-state index in [0.29, 0.717) is 6.61 Å². The third-order valence-corrected chi connectivity index (χ3v) is 1.02. The first kappa shape index (κ1) is 11.0. The highest BCUT2D eigenvalue weighted by atomic mass is 16.7. The molecule has 0 aliphatic carbocycles. The van der Waals surface area contributed by atoms with Crippen molar-refractivity contribution in [3.63, 3.8) is 0 Å². The number of hydrogen-bond donors (Lipinski definition) is 0. The topological polar surface area (TPSA) is 44.8 Å². The number of methoxy groups -OCH3 is 1. The molecule has 0 saturated heterocycles. The Morgan fingerprint density at radius 2 is 2.08 bits per heavy atom. The van der Waals surface area contributed by atoms with Crippen molar-refractivity contribution in [3.05, 3.63) is 12.3 Å². The summed E-state index contributed by atoms with van der Waals surface area (Å²) in [6, 6.07) is 0.